The number of ether oxygens (including phenoxy) is 1. The minimum absolute atomic E-state index is 0.306. The smallest absolute Gasteiger partial charge is 0.328 e. The Morgan fingerprint density at radius 1 is 1.44 bits per heavy atom. The summed E-state index contributed by atoms with van der Waals surface area (Å²) in [5.41, 5.74) is -0.306. The number of hydrogen-bond acceptors (Lipinski definition) is 3. The second-order valence-electron chi connectivity index (χ2n) is 3.22. The summed E-state index contributed by atoms with van der Waals surface area (Å²) in [5, 5.41) is 2.49. The summed E-state index contributed by atoms with van der Waals surface area (Å²) < 4.78 is 31.0. The summed E-state index contributed by atoms with van der Waals surface area (Å²) in [6.45, 7) is 1.72. The van der Waals surface area contributed by atoms with Crippen LogP contribution >= 0.6 is 0 Å². The van der Waals surface area contributed by atoms with Crippen LogP contribution in [0.15, 0.2) is 18.2 Å². The summed E-state index contributed by atoms with van der Waals surface area (Å²) in [6.07, 6.45) is 0.375. The third kappa shape index (κ3) is 2.68. The summed E-state index contributed by atoms with van der Waals surface area (Å²) in [4.78, 5) is 11.2. The highest BCUT2D eigenvalue weighted by molar-refractivity contribution is 5.79. The maximum atomic E-state index is 13.3. The molecule has 0 aromatic heterocycles. The van der Waals surface area contributed by atoms with Gasteiger partial charge in [0.25, 0.3) is 0 Å². The molecule has 0 aliphatic rings. The molecule has 3 nitrogen and oxygen atoms in total. The Hall–Kier alpha value is -1.65. The highest BCUT2D eigenvalue weighted by atomic mass is 19.1. The van der Waals surface area contributed by atoms with E-state index in [9.17, 15) is 13.6 Å². The molecule has 1 aromatic carbocycles. The maximum absolute atomic E-state index is 13.3. The molecule has 5 heteroatoms. The molecule has 0 spiro atoms. The van der Waals surface area contributed by atoms with Crippen molar-refractivity contribution < 1.29 is 18.3 Å². The molecule has 0 aliphatic carbocycles. The maximum Gasteiger partial charge on any atom is 0.328 e. The van der Waals surface area contributed by atoms with Crippen molar-refractivity contribution in [3.8, 4) is 0 Å². The molecule has 88 valence electrons. The van der Waals surface area contributed by atoms with E-state index in [0.29, 0.717) is 6.42 Å². The second-order valence-corrected chi connectivity index (χ2v) is 3.22. The zero-order valence-electron chi connectivity index (χ0n) is 9.09. The van der Waals surface area contributed by atoms with Gasteiger partial charge in [-0.3, -0.25) is 0 Å². The lowest BCUT2D eigenvalue weighted by Crippen LogP contribution is -2.30. The van der Waals surface area contributed by atoms with Gasteiger partial charge in [-0.25, -0.2) is 13.6 Å². The number of esters is 1. The summed E-state index contributed by atoms with van der Waals surface area (Å²) in [7, 11) is 1.23. The zero-order chi connectivity index (χ0) is 12.1. The number of rotatable bonds is 4. The van der Waals surface area contributed by atoms with E-state index in [1.807, 2.05) is 0 Å². The predicted octanol–water partition coefficient (Wildman–Crippen LogP) is 2.33. The molecule has 0 saturated heterocycles. The summed E-state index contributed by atoms with van der Waals surface area (Å²) >= 11 is 0. The fourth-order valence-electron chi connectivity index (χ4n) is 1.28. The van der Waals surface area contributed by atoms with E-state index in [-0.39, 0.29) is 5.69 Å². The fraction of sp³-hybridized carbons (Fsp3) is 0.364. The van der Waals surface area contributed by atoms with Crippen molar-refractivity contribution in [2.45, 2.75) is 19.4 Å². The molecule has 16 heavy (non-hydrogen) atoms. The van der Waals surface area contributed by atoms with Gasteiger partial charge in [0.15, 0.2) is 0 Å². The van der Waals surface area contributed by atoms with Crippen LogP contribution in [0.2, 0.25) is 0 Å². The highest BCUT2D eigenvalue weighted by Crippen LogP contribution is 2.19. The van der Waals surface area contributed by atoms with Gasteiger partial charge >= 0.3 is 5.97 Å². The van der Waals surface area contributed by atoms with Gasteiger partial charge in [0.05, 0.1) is 7.11 Å². The third-order valence-corrected chi connectivity index (χ3v) is 2.18. The van der Waals surface area contributed by atoms with E-state index < -0.39 is 23.6 Å². The molecule has 1 aromatic rings. The van der Waals surface area contributed by atoms with Crippen LogP contribution in [-0.4, -0.2) is 19.1 Å². The van der Waals surface area contributed by atoms with Crippen LogP contribution in [0.5, 0.6) is 0 Å². The number of nitrogens with one attached hydrogen (secondary N) is 1. The molecule has 0 aliphatic heterocycles. The average molecular weight is 229 g/mol. The summed E-state index contributed by atoms with van der Waals surface area (Å²) in [6, 6.07) is 2.75. The molecular formula is C11H13F2NO2. The van der Waals surface area contributed by atoms with E-state index >= 15 is 0 Å². The molecule has 1 atom stereocenters. The normalized spacial score (nSPS) is 12.0. The highest BCUT2D eigenvalue weighted by Gasteiger charge is 2.19. The van der Waals surface area contributed by atoms with Gasteiger partial charge < -0.3 is 10.1 Å². The Kier molecular flexibility index (Phi) is 4.22. The van der Waals surface area contributed by atoms with Gasteiger partial charge in [-0.05, 0) is 18.6 Å². The van der Waals surface area contributed by atoms with Crippen LogP contribution in [0.4, 0.5) is 14.5 Å². The number of carbonyl (C=O) groups excluding carboxylic acids is 1. The van der Waals surface area contributed by atoms with E-state index in [0.717, 1.165) is 12.1 Å². The Labute approximate surface area is 92.4 Å². The topological polar surface area (TPSA) is 38.3 Å². The molecule has 1 unspecified atom stereocenters. The van der Waals surface area contributed by atoms with Crippen molar-refractivity contribution in [1.82, 2.24) is 0 Å². The van der Waals surface area contributed by atoms with Gasteiger partial charge in [0.2, 0.25) is 0 Å². The van der Waals surface area contributed by atoms with Gasteiger partial charge in [-0.1, -0.05) is 13.0 Å². The van der Waals surface area contributed by atoms with Crippen LogP contribution in [0.3, 0.4) is 0 Å². The fourth-order valence-corrected chi connectivity index (χ4v) is 1.28. The number of benzene rings is 1. The minimum Gasteiger partial charge on any atom is -0.467 e. The summed E-state index contributed by atoms with van der Waals surface area (Å²) in [5.74, 6) is -2.02. The minimum atomic E-state index is -0.753. The van der Waals surface area contributed by atoms with E-state index in [2.05, 4.69) is 10.1 Å². The largest absolute Gasteiger partial charge is 0.467 e. The van der Waals surface area contributed by atoms with Crippen LogP contribution in [0, 0.1) is 11.6 Å². The molecule has 0 bridgehead atoms. The standard InChI is InChI=1S/C11H13F2NO2/c1-3-9(11(15)16-2)14-10-7(12)5-4-6-8(10)13/h4-6,9,14H,3H2,1-2H3. The van der Waals surface area contributed by atoms with Crippen molar-refractivity contribution in [3.05, 3.63) is 29.8 Å². The number of hydrogen-bond donors (Lipinski definition) is 1. The Morgan fingerprint density at radius 2 is 2.00 bits per heavy atom. The monoisotopic (exact) mass is 229 g/mol. The van der Waals surface area contributed by atoms with Gasteiger partial charge in [0, 0.05) is 0 Å². The Morgan fingerprint density at radius 3 is 2.44 bits per heavy atom. The lowest BCUT2D eigenvalue weighted by atomic mass is 10.2. The first-order valence-electron chi connectivity index (χ1n) is 4.88. The first-order chi connectivity index (χ1) is 7.60. The first kappa shape index (κ1) is 12.4. The molecule has 0 amide bonds. The van der Waals surface area contributed by atoms with Gasteiger partial charge in [0.1, 0.15) is 23.4 Å². The van der Waals surface area contributed by atoms with Crippen molar-refractivity contribution >= 4 is 11.7 Å². The molecule has 0 heterocycles. The van der Waals surface area contributed by atoms with Gasteiger partial charge in [-0.2, -0.15) is 0 Å². The van der Waals surface area contributed by atoms with Crippen molar-refractivity contribution in [3.63, 3.8) is 0 Å². The quantitative estimate of drug-likeness (QED) is 0.805. The van der Waals surface area contributed by atoms with E-state index in [4.69, 9.17) is 0 Å². The van der Waals surface area contributed by atoms with Crippen molar-refractivity contribution in [2.24, 2.45) is 0 Å². The SMILES string of the molecule is CCC(Nc1c(F)cccc1F)C(=O)OC. The zero-order valence-corrected chi connectivity index (χ0v) is 9.09. The first-order valence-corrected chi connectivity index (χ1v) is 4.88. The number of carbonyl (C=O) groups is 1. The van der Waals surface area contributed by atoms with E-state index in [1.165, 1.54) is 13.2 Å². The lowest BCUT2D eigenvalue weighted by Gasteiger charge is -2.16. The molecule has 1 rings (SSSR count). The molecule has 1 N–H and O–H groups in total. The van der Waals surface area contributed by atoms with Crippen molar-refractivity contribution in [1.29, 1.82) is 0 Å². The lowest BCUT2D eigenvalue weighted by molar-refractivity contribution is -0.141. The van der Waals surface area contributed by atoms with Crippen LogP contribution < -0.4 is 5.32 Å². The van der Waals surface area contributed by atoms with Crippen LogP contribution in [0.25, 0.3) is 0 Å². The third-order valence-electron chi connectivity index (χ3n) is 2.18. The molecule has 0 radical (unpaired) electrons. The number of anilines is 1. The number of para-hydroxylation sites is 1. The van der Waals surface area contributed by atoms with Crippen molar-refractivity contribution in [2.75, 3.05) is 12.4 Å². The van der Waals surface area contributed by atoms with Gasteiger partial charge in [-0.15, -0.1) is 0 Å². The predicted molar refractivity (Wildman–Crippen MR) is 56.1 cm³/mol. The molecular weight excluding hydrogens is 216 g/mol. The molecule has 0 fully saturated rings. The number of halogens is 2. The Balaban J connectivity index is 2.90. The van der Waals surface area contributed by atoms with Crippen LogP contribution in [0.1, 0.15) is 13.3 Å². The van der Waals surface area contributed by atoms with E-state index in [1.54, 1.807) is 6.92 Å². The Bertz CT molecular complexity index is 362. The van der Waals surface area contributed by atoms with Crippen LogP contribution in [-0.2, 0) is 9.53 Å². The molecule has 0 saturated carbocycles. The second kappa shape index (κ2) is 5.44. The number of methoxy groups -OCH3 is 1. The average Bonchev–Trinajstić information content (AvgIpc) is 2.28.